The minimum Gasteiger partial charge on any atom is -0.349 e. The van der Waals surface area contributed by atoms with Crippen molar-refractivity contribution in [2.75, 3.05) is 6.54 Å². The molecule has 0 radical (unpaired) electrons. The number of hydrogen-bond donors (Lipinski definition) is 2. The van der Waals surface area contributed by atoms with Gasteiger partial charge in [-0.05, 0) is 25.8 Å². The molecule has 1 aliphatic rings. The van der Waals surface area contributed by atoms with Gasteiger partial charge < -0.3 is 11.1 Å². The predicted octanol–water partition coefficient (Wildman–Crippen LogP) is 1.54. The van der Waals surface area contributed by atoms with Crippen LogP contribution in [0.4, 0.5) is 0 Å². The van der Waals surface area contributed by atoms with Crippen LogP contribution in [0.1, 0.15) is 48.3 Å². The van der Waals surface area contributed by atoms with Crippen molar-refractivity contribution in [2.24, 2.45) is 12.8 Å². The van der Waals surface area contributed by atoms with Gasteiger partial charge in [-0.15, -0.1) is 12.4 Å². The van der Waals surface area contributed by atoms with Crippen LogP contribution in [0.2, 0.25) is 0 Å². The highest BCUT2D eigenvalue weighted by atomic mass is 35.5. The van der Waals surface area contributed by atoms with Crippen molar-refractivity contribution in [1.82, 2.24) is 15.1 Å². The molecule has 0 aromatic carbocycles. The normalized spacial score (nSPS) is 17.6. The number of aryl methyl sites for hydroxylation is 2. The number of aromatic nitrogens is 2. The lowest BCUT2D eigenvalue weighted by molar-refractivity contribution is 0.0928. The van der Waals surface area contributed by atoms with E-state index in [9.17, 15) is 4.79 Å². The molecule has 1 aliphatic carbocycles. The zero-order chi connectivity index (χ0) is 13.2. The Labute approximate surface area is 120 Å². The largest absolute Gasteiger partial charge is 0.349 e. The van der Waals surface area contributed by atoms with Crippen LogP contribution in [0.15, 0.2) is 6.07 Å². The Morgan fingerprint density at radius 1 is 1.47 bits per heavy atom. The van der Waals surface area contributed by atoms with Gasteiger partial charge in [-0.3, -0.25) is 9.48 Å². The first-order valence-electron chi connectivity index (χ1n) is 6.58. The number of nitrogens with zero attached hydrogens (tertiary/aromatic N) is 2. The molecule has 1 aromatic rings. The molecule has 19 heavy (non-hydrogen) atoms. The molecule has 3 N–H and O–H groups in total. The molecule has 5 nitrogen and oxygen atoms in total. The summed E-state index contributed by atoms with van der Waals surface area (Å²) in [5.41, 5.74) is 7.51. The Bertz CT molecular complexity index is 438. The average Bonchev–Trinajstić information content (AvgIpc) is 2.67. The van der Waals surface area contributed by atoms with Gasteiger partial charge in [0, 0.05) is 19.1 Å². The summed E-state index contributed by atoms with van der Waals surface area (Å²) in [6, 6.07) is 1.79. The first-order chi connectivity index (χ1) is 8.50. The molecular formula is C13H23ClN4O. The van der Waals surface area contributed by atoms with Crippen LogP contribution in [0.25, 0.3) is 0 Å². The monoisotopic (exact) mass is 286 g/mol. The smallest absolute Gasteiger partial charge is 0.269 e. The summed E-state index contributed by atoms with van der Waals surface area (Å²) in [5.74, 6) is -0.0894. The Kier molecular flexibility index (Phi) is 5.38. The maximum Gasteiger partial charge on any atom is 0.269 e. The standard InChI is InChI=1S/C13H22N4O.ClH/c1-10-8-11(17(2)16-10)12(18)15-9-13(14)6-4-3-5-7-13;/h8H,3-7,9,14H2,1-2H3,(H,15,18);1H. The number of carbonyl (C=O) groups is 1. The van der Waals surface area contributed by atoms with Crippen LogP contribution in [-0.2, 0) is 7.05 Å². The fourth-order valence-corrected chi connectivity index (χ4v) is 2.60. The van der Waals surface area contributed by atoms with Gasteiger partial charge in [0.25, 0.3) is 5.91 Å². The minimum absolute atomic E-state index is 0. The van der Waals surface area contributed by atoms with Crippen molar-refractivity contribution in [1.29, 1.82) is 0 Å². The number of nitrogens with one attached hydrogen (secondary N) is 1. The van der Waals surface area contributed by atoms with Crippen molar-refractivity contribution in [3.05, 3.63) is 17.5 Å². The van der Waals surface area contributed by atoms with Crippen molar-refractivity contribution in [3.8, 4) is 0 Å². The number of amides is 1. The number of rotatable bonds is 3. The Morgan fingerprint density at radius 3 is 2.63 bits per heavy atom. The van der Waals surface area contributed by atoms with Gasteiger partial charge in [-0.25, -0.2) is 0 Å². The van der Waals surface area contributed by atoms with Crippen molar-refractivity contribution in [3.63, 3.8) is 0 Å². The molecule has 1 heterocycles. The van der Waals surface area contributed by atoms with E-state index in [4.69, 9.17) is 5.73 Å². The van der Waals surface area contributed by atoms with Gasteiger partial charge in [-0.1, -0.05) is 19.3 Å². The highest BCUT2D eigenvalue weighted by Crippen LogP contribution is 2.25. The van der Waals surface area contributed by atoms with Crippen LogP contribution >= 0.6 is 12.4 Å². The van der Waals surface area contributed by atoms with Crippen molar-refractivity contribution in [2.45, 2.75) is 44.6 Å². The molecule has 0 aliphatic heterocycles. The molecule has 1 amide bonds. The quantitative estimate of drug-likeness (QED) is 0.885. The fourth-order valence-electron chi connectivity index (χ4n) is 2.60. The van der Waals surface area contributed by atoms with Crippen LogP contribution < -0.4 is 11.1 Å². The Balaban J connectivity index is 0.00000180. The van der Waals surface area contributed by atoms with Crippen LogP contribution in [0, 0.1) is 6.92 Å². The van der Waals surface area contributed by atoms with E-state index in [0.717, 1.165) is 31.4 Å². The number of hydrogen-bond acceptors (Lipinski definition) is 3. The van der Waals surface area contributed by atoms with E-state index >= 15 is 0 Å². The van der Waals surface area contributed by atoms with Gasteiger partial charge in [0.05, 0.1) is 5.69 Å². The van der Waals surface area contributed by atoms with E-state index in [1.54, 1.807) is 17.8 Å². The third kappa shape index (κ3) is 3.94. The molecule has 2 rings (SSSR count). The molecule has 108 valence electrons. The minimum atomic E-state index is -0.221. The Morgan fingerprint density at radius 2 is 2.11 bits per heavy atom. The van der Waals surface area contributed by atoms with Gasteiger partial charge >= 0.3 is 0 Å². The molecule has 0 bridgehead atoms. The second kappa shape index (κ2) is 6.39. The lowest BCUT2D eigenvalue weighted by Crippen LogP contribution is -2.51. The molecule has 6 heteroatoms. The number of halogens is 1. The van der Waals surface area contributed by atoms with E-state index in [2.05, 4.69) is 10.4 Å². The molecule has 1 aromatic heterocycles. The molecule has 0 saturated heterocycles. The van der Waals surface area contributed by atoms with Crippen molar-refractivity contribution < 1.29 is 4.79 Å². The third-order valence-corrected chi connectivity index (χ3v) is 3.68. The van der Waals surface area contributed by atoms with Gasteiger partial charge in [0.2, 0.25) is 0 Å². The molecule has 0 atom stereocenters. The summed E-state index contributed by atoms with van der Waals surface area (Å²) in [6.07, 6.45) is 5.58. The van der Waals surface area contributed by atoms with Crippen LogP contribution in [-0.4, -0.2) is 27.8 Å². The van der Waals surface area contributed by atoms with Gasteiger partial charge in [-0.2, -0.15) is 5.10 Å². The predicted molar refractivity (Wildman–Crippen MR) is 77.5 cm³/mol. The fraction of sp³-hybridized carbons (Fsp3) is 0.692. The SMILES string of the molecule is Cc1cc(C(=O)NCC2(N)CCCCC2)n(C)n1.Cl. The maximum atomic E-state index is 12.0. The Hall–Kier alpha value is -1.07. The second-order valence-electron chi connectivity index (χ2n) is 5.40. The average molecular weight is 287 g/mol. The lowest BCUT2D eigenvalue weighted by Gasteiger charge is -2.33. The molecule has 0 unspecified atom stereocenters. The highest BCUT2D eigenvalue weighted by molar-refractivity contribution is 5.92. The van der Waals surface area contributed by atoms with E-state index in [0.29, 0.717) is 12.2 Å². The van der Waals surface area contributed by atoms with Gasteiger partial charge in [0.1, 0.15) is 5.69 Å². The summed E-state index contributed by atoms with van der Waals surface area (Å²) in [4.78, 5) is 12.0. The zero-order valence-electron chi connectivity index (χ0n) is 11.6. The molecule has 1 saturated carbocycles. The number of carbonyl (C=O) groups excluding carboxylic acids is 1. The summed E-state index contributed by atoms with van der Waals surface area (Å²) < 4.78 is 1.61. The first kappa shape index (κ1) is 16.0. The van der Waals surface area contributed by atoms with Gasteiger partial charge in [0.15, 0.2) is 0 Å². The lowest BCUT2D eigenvalue weighted by atomic mass is 9.82. The van der Waals surface area contributed by atoms with E-state index in [-0.39, 0.29) is 23.9 Å². The first-order valence-corrected chi connectivity index (χ1v) is 6.58. The maximum absolute atomic E-state index is 12.0. The summed E-state index contributed by atoms with van der Waals surface area (Å²) in [6.45, 7) is 2.43. The van der Waals surface area contributed by atoms with E-state index < -0.39 is 0 Å². The summed E-state index contributed by atoms with van der Waals surface area (Å²) in [5, 5.41) is 7.11. The van der Waals surface area contributed by atoms with E-state index in [1.807, 2.05) is 6.92 Å². The van der Waals surface area contributed by atoms with Crippen LogP contribution in [0.5, 0.6) is 0 Å². The molecular weight excluding hydrogens is 264 g/mol. The molecule has 0 spiro atoms. The summed E-state index contributed by atoms with van der Waals surface area (Å²) in [7, 11) is 1.78. The van der Waals surface area contributed by atoms with Crippen molar-refractivity contribution >= 4 is 18.3 Å². The zero-order valence-corrected chi connectivity index (χ0v) is 12.4. The topological polar surface area (TPSA) is 72.9 Å². The summed E-state index contributed by atoms with van der Waals surface area (Å²) >= 11 is 0. The molecule has 1 fully saturated rings. The highest BCUT2D eigenvalue weighted by Gasteiger charge is 2.28. The number of nitrogens with two attached hydrogens (primary N) is 1. The third-order valence-electron chi connectivity index (χ3n) is 3.68. The second-order valence-corrected chi connectivity index (χ2v) is 5.40. The van der Waals surface area contributed by atoms with E-state index in [1.165, 1.54) is 6.42 Å². The van der Waals surface area contributed by atoms with Crippen LogP contribution in [0.3, 0.4) is 0 Å².